The first-order valence-electron chi connectivity index (χ1n) is 14.0. The summed E-state index contributed by atoms with van der Waals surface area (Å²) in [5.41, 5.74) is 2.27. The number of fused-ring (bicyclic) bond motifs is 1. The van der Waals surface area contributed by atoms with Gasteiger partial charge in [-0.2, -0.15) is 0 Å². The molecule has 2 aromatic carbocycles. The van der Waals surface area contributed by atoms with Crippen molar-refractivity contribution in [3.05, 3.63) is 59.4 Å². The molecule has 0 unspecified atom stereocenters. The second-order valence-corrected chi connectivity index (χ2v) is 11.0. The van der Waals surface area contributed by atoms with Crippen molar-refractivity contribution in [2.45, 2.75) is 110 Å². The number of aryl methyl sites for hydroxylation is 1. The predicted octanol–water partition coefficient (Wildman–Crippen LogP) is 10.1. The van der Waals surface area contributed by atoms with E-state index in [9.17, 15) is 0 Å². The van der Waals surface area contributed by atoms with E-state index in [1.807, 2.05) is 25.1 Å². The molecular formula is C32H45F. The number of hydrogen-bond donors (Lipinski definition) is 0. The van der Waals surface area contributed by atoms with Gasteiger partial charge >= 0.3 is 0 Å². The standard InChI is InChI=1S/C32H45F/c1-3-5-7-9-24-11-13-25(14-12-24)26-15-17-27(18-16-26)29-21-22-31-30(23-29)20-19-28(32(31)33)10-8-6-4-2/h4,6,19-27H,3,5,7-18H2,1-2H3/b6-4+. The number of rotatable bonds is 9. The average molecular weight is 449 g/mol. The monoisotopic (exact) mass is 448 g/mol. The van der Waals surface area contributed by atoms with Gasteiger partial charge in [0.05, 0.1) is 0 Å². The third-order valence-corrected chi connectivity index (χ3v) is 8.89. The first-order chi connectivity index (χ1) is 16.2. The molecule has 0 aliphatic heterocycles. The van der Waals surface area contributed by atoms with Gasteiger partial charge in [0.15, 0.2) is 0 Å². The van der Waals surface area contributed by atoms with E-state index in [0.717, 1.165) is 46.9 Å². The molecule has 0 aromatic heterocycles. The lowest BCUT2D eigenvalue weighted by Gasteiger charge is -2.38. The first-order valence-corrected chi connectivity index (χ1v) is 14.0. The molecule has 2 aliphatic carbocycles. The number of allylic oxidation sites excluding steroid dienone is 2. The van der Waals surface area contributed by atoms with Crippen LogP contribution in [0.15, 0.2) is 42.5 Å². The molecule has 2 saturated carbocycles. The Labute approximate surface area is 202 Å². The Morgan fingerprint density at radius 1 is 0.879 bits per heavy atom. The maximum Gasteiger partial charge on any atom is 0.134 e. The minimum Gasteiger partial charge on any atom is -0.206 e. The maximum atomic E-state index is 15.0. The van der Waals surface area contributed by atoms with Crippen LogP contribution in [0.2, 0.25) is 0 Å². The minimum atomic E-state index is -0.0161. The lowest BCUT2D eigenvalue weighted by Crippen LogP contribution is -2.25. The molecule has 0 nitrogen and oxygen atoms in total. The van der Waals surface area contributed by atoms with Crippen molar-refractivity contribution in [3.63, 3.8) is 0 Å². The van der Waals surface area contributed by atoms with Gasteiger partial charge in [0.25, 0.3) is 0 Å². The van der Waals surface area contributed by atoms with E-state index in [4.69, 9.17) is 0 Å². The fraction of sp³-hybridized carbons (Fsp3) is 0.625. The van der Waals surface area contributed by atoms with Crippen LogP contribution < -0.4 is 0 Å². The summed E-state index contributed by atoms with van der Waals surface area (Å²) in [5.74, 6) is 3.60. The van der Waals surface area contributed by atoms with Crippen molar-refractivity contribution in [1.82, 2.24) is 0 Å². The molecule has 0 spiro atoms. The Kier molecular flexibility index (Phi) is 9.04. The highest BCUT2D eigenvalue weighted by Crippen LogP contribution is 2.45. The molecule has 1 heteroatoms. The topological polar surface area (TPSA) is 0 Å². The van der Waals surface area contributed by atoms with E-state index < -0.39 is 0 Å². The molecule has 180 valence electrons. The Morgan fingerprint density at radius 3 is 2.30 bits per heavy atom. The van der Waals surface area contributed by atoms with Gasteiger partial charge in [0.1, 0.15) is 5.82 Å². The summed E-state index contributed by atoms with van der Waals surface area (Å²) in [6, 6.07) is 10.7. The van der Waals surface area contributed by atoms with Crippen LogP contribution in [0.3, 0.4) is 0 Å². The zero-order valence-corrected chi connectivity index (χ0v) is 21.1. The predicted molar refractivity (Wildman–Crippen MR) is 141 cm³/mol. The second kappa shape index (κ2) is 12.2. The van der Waals surface area contributed by atoms with Gasteiger partial charge in [-0.25, -0.2) is 4.39 Å². The van der Waals surface area contributed by atoms with Crippen molar-refractivity contribution < 1.29 is 4.39 Å². The Hall–Kier alpha value is -1.63. The van der Waals surface area contributed by atoms with Crippen LogP contribution in [0.5, 0.6) is 0 Å². The van der Waals surface area contributed by atoms with Gasteiger partial charge < -0.3 is 0 Å². The number of benzene rings is 2. The van der Waals surface area contributed by atoms with Gasteiger partial charge in [0.2, 0.25) is 0 Å². The summed E-state index contributed by atoms with van der Waals surface area (Å²) in [4.78, 5) is 0. The Bertz CT molecular complexity index is 894. The molecule has 33 heavy (non-hydrogen) atoms. The van der Waals surface area contributed by atoms with Crippen molar-refractivity contribution in [3.8, 4) is 0 Å². The molecule has 0 N–H and O–H groups in total. The molecule has 0 atom stereocenters. The van der Waals surface area contributed by atoms with Crippen LogP contribution in [0.4, 0.5) is 4.39 Å². The van der Waals surface area contributed by atoms with Crippen molar-refractivity contribution >= 4 is 10.8 Å². The highest BCUT2D eigenvalue weighted by atomic mass is 19.1. The van der Waals surface area contributed by atoms with E-state index in [-0.39, 0.29) is 5.82 Å². The summed E-state index contributed by atoms with van der Waals surface area (Å²) in [6.45, 7) is 4.33. The van der Waals surface area contributed by atoms with E-state index in [0.29, 0.717) is 5.92 Å². The molecule has 0 heterocycles. The van der Waals surface area contributed by atoms with Crippen molar-refractivity contribution in [1.29, 1.82) is 0 Å². The molecule has 2 fully saturated rings. The first kappa shape index (κ1) is 24.5. The zero-order chi connectivity index (χ0) is 23.0. The zero-order valence-electron chi connectivity index (χ0n) is 21.1. The lowest BCUT2D eigenvalue weighted by molar-refractivity contribution is 0.155. The smallest absolute Gasteiger partial charge is 0.134 e. The van der Waals surface area contributed by atoms with Crippen LogP contribution in [0.1, 0.15) is 114 Å². The van der Waals surface area contributed by atoms with Crippen LogP contribution in [-0.2, 0) is 6.42 Å². The summed E-state index contributed by atoms with van der Waals surface area (Å²) >= 11 is 0. The molecule has 4 rings (SSSR count). The van der Waals surface area contributed by atoms with Gasteiger partial charge in [-0.1, -0.05) is 87.9 Å². The summed E-state index contributed by atoms with van der Waals surface area (Å²) in [7, 11) is 0. The molecule has 0 bridgehead atoms. The summed E-state index contributed by atoms with van der Waals surface area (Å²) < 4.78 is 15.0. The van der Waals surface area contributed by atoms with Crippen molar-refractivity contribution in [2.75, 3.05) is 0 Å². The number of hydrogen-bond acceptors (Lipinski definition) is 0. The van der Waals surface area contributed by atoms with E-state index in [1.165, 1.54) is 82.6 Å². The average Bonchev–Trinajstić information content (AvgIpc) is 2.86. The molecule has 2 aromatic rings. The maximum absolute atomic E-state index is 15.0. The van der Waals surface area contributed by atoms with Gasteiger partial charge in [-0.3, -0.25) is 0 Å². The van der Waals surface area contributed by atoms with E-state index in [2.05, 4.69) is 31.2 Å². The lowest BCUT2D eigenvalue weighted by atomic mass is 9.68. The SMILES string of the molecule is C/C=C/CCc1ccc2cc(C3CCC(C4CCC(CCCCC)CC4)CC3)ccc2c1F. The summed E-state index contributed by atoms with van der Waals surface area (Å²) in [5, 5.41) is 1.87. The Balaban J connectivity index is 1.30. The third kappa shape index (κ3) is 6.28. The van der Waals surface area contributed by atoms with Crippen LogP contribution >= 0.6 is 0 Å². The molecule has 2 aliphatic rings. The van der Waals surface area contributed by atoms with E-state index in [1.54, 1.807) is 0 Å². The molecule has 0 radical (unpaired) electrons. The van der Waals surface area contributed by atoms with Crippen molar-refractivity contribution in [2.24, 2.45) is 17.8 Å². The number of unbranched alkanes of at least 4 members (excludes halogenated alkanes) is 2. The highest BCUT2D eigenvalue weighted by molar-refractivity contribution is 5.84. The van der Waals surface area contributed by atoms with Gasteiger partial charge in [-0.15, -0.1) is 0 Å². The fourth-order valence-corrected chi connectivity index (χ4v) is 6.76. The molecular weight excluding hydrogens is 403 g/mol. The normalized spacial score (nSPS) is 26.3. The molecule has 0 amide bonds. The number of halogens is 1. The van der Waals surface area contributed by atoms with Gasteiger partial charge in [0, 0.05) is 5.39 Å². The Morgan fingerprint density at radius 2 is 1.61 bits per heavy atom. The fourth-order valence-electron chi connectivity index (χ4n) is 6.76. The van der Waals surface area contributed by atoms with E-state index >= 15 is 4.39 Å². The largest absolute Gasteiger partial charge is 0.206 e. The molecule has 0 saturated heterocycles. The third-order valence-electron chi connectivity index (χ3n) is 8.89. The highest BCUT2D eigenvalue weighted by Gasteiger charge is 2.31. The minimum absolute atomic E-state index is 0.0161. The van der Waals surface area contributed by atoms with Gasteiger partial charge in [-0.05, 0) is 98.5 Å². The summed E-state index contributed by atoms with van der Waals surface area (Å²) in [6.07, 6.45) is 22.9. The van der Waals surface area contributed by atoms with Crippen LogP contribution in [0, 0.1) is 23.6 Å². The second-order valence-electron chi connectivity index (χ2n) is 11.0. The quantitative estimate of drug-likeness (QED) is 0.264. The van der Waals surface area contributed by atoms with Crippen LogP contribution in [-0.4, -0.2) is 0 Å². The van der Waals surface area contributed by atoms with Crippen LogP contribution in [0.25, 0.3) is 10.8 Å².